The van der Waals surface area contributed by atoms with Gasteiger partial charge in [-0.25, -0.2) is 0 Å². The monoisotopic (exact) mass is 565 g/mol. The van der Waals surface area contributed by atoms with Crippen molar-refractivity contribution in [3.05, 3.63) is 71.2 Å². The van der Waals surface area contributed by atoms with Crippen LogP contribution in [0.3, 0.4) is 0 Å². The molecule has 2 saturated heterocycles. The van der Waals surface area contributed by atoms with E-state index >= 15 is 0 Å². The normalized spacial score (nSPS) is 22.2. The predicted molar refractivity (Wildman–Crippen MR) is 151 cm³/mol. The Bertz CT molecular complexity index is 1430. The van der Waals surface area contributed by atoms with Gasteiger partial charge in [0.2, 0.25) is 0 Å². The van der Waals surface area contributed by atoms with Gasteiger partial charge in [0, 0.05) is 18.7 Å². The van der Waals surface area contributed by atoms with E-state index in [0.717, 1.165) is 46.4 Å². The number of aliphatic hydroxyl groups excluding tert-OH is 2. The summed E-state index contributed by atoms with van der Waals surface area (Å²) in [5, 5.41) is 22.7. The minimum absolute atomic E-state index is 0.0482. The number of rotatable bonds is 11. The second kappa shape index (κ2) is 12.2. The predicted octanol–water partition coefficient (Wildman–Crippen LogP) is 3.55. The maximum atomic E-state index is 9.96. The van der Waals surface area contributed by atoms with Gasteiger partial charge < -0.3 is 39.5 Å². The Labute approximate surface area is 237 Å². The van der Waals surface area contributed by atoms with Gasteiger partial charge in [0.05, 0.1) is 49.1 Å². The van der Waals surface area contributed by atoms with E-state index in [0.29, 0.717) is 30.9 Å². The average molecular weight is 566 g/mol. The van der Waals surface area contributed by atoms with E-state index in [1.54, 1.807) is 0 Å². The van der Waals surface area contributed by atoms with Crippen molar-refractivity contribution in [2.75, 3.05) is 39.6 Å². The van der Waals surface area contributed by atoms with Gasteiger partial charge in [0.25, 0.3) is 6.01 Å². The Balaban J connectivity index is 1.10. The lowest BCUT2D eigenvalue weighted by Crippen LogP contribution is -2.34. The molecule has 40 heavy (non-hydrogen) atoms. The standard InChI is InChI=1S/C30H32ClN3O6/c31-23-14-25-24(33-30(34-25)40-27-17-39-28-26(36)16-38-29(27)28)13-22(23)21-7-5-20(6-8-21)19-3-1-18(2-4-19)15-32-9-11-37-12-10-35/h1-8,13-14,26-29,32,35-36H,9-12,15-17H2,(H,33,34)/t26-,27-,28-,29-/m1/s1. The summed E-state index contributed by atoms with van der Waals surface area (Å²) in [5.41, 5.74) is 6.83. The van der Waals surface area contributed by atoms with Crippen LogP contribution < -0.4 is 10.1 Å². The quantitative estimate of drug-likeness (QED) is 0.204. The average Bonchev–Trinajstić information content (AvgIpc) is 3.67. The summed E-state index contributed by atoms with van der Waals surface area (Å²) in [6.07, 6.45) is -1.63. The maximum absolute atomic E-state index is 9.96. The van der Waals surface area contributed by atoms with Gasteiger partial charge >= 0.3 is 0 Å². The minimum Gasteiger partial charge on any atom is -0.456 e. The lowest BCUT2D eigenvalue weighted by Gasteiger charge is -2.15. The summed E-state index contributed by atoms with van der Waals surface area (Å²) in [6.45, 7) is 3.08. The topological polar surface area (TPSA) is 118 Å². The number of aliphatic hydroxyl groups is 2. The fraction of sp³-hybridized carbons (Fsp3) is 0.367. The summed E-state index contributed by atoms with van der Waals surface area (Å²) in [6, 6.07) is 21.0. The van der Waals surface area contributed by atoms with Crippen molar-refractivity contribution in [2.24, 2.45) is 0 Å². The highest BCUT2D eigenvalue weighted by Crippen LogP contribution is 2.35. The van der Waals surface area contributed by atoms with E-state index in [1.807, 2.05) is 12.1 Å². The molecule has 0 spiro atoms. The molecule has 4 atom stereocenters. The molecular weight excluding hydrogens is 534 g/mol. The molecule has 4 aromatic rings. The van der Waals surface area contributed by atoms with Gasteiger partial charge in [-0.3, -0.25) is 0 Å². The number of fused-ring (bicyclic) bond motifs is 2. The molecule has 6 rings (SSSR count). The van der Waals surface area contributed by atoms with E-state index in [1.165, 1.54) is 5.56 Å². The first kappa shape index (κ1) is 27.2. The van der Waals surface area contributed by atoms with Crippen molar-refractivity contribution in [3.8, 4) is 28.3 Å². The number of aromatic nitrogens is 2. The minimum atomic E-state index is -0.627. The summed E-state index contributed by atoms with van der Waals surface area (Å²) in [5.74, 6) is 0. The summed E-state index contributed by atoms with van der Waals surface area (Å²) < 4.78 is 22.6. The Morgan fingerprint density at radius 2 is 1.68 bits per heavy atom. The lowest BCUT2D eigenvalue weighted by atomic mass is 9.99. The molecule has 0 aliphatic carbocycles. The second-order valence-electron chi connectivity index (χ2n) is 10.00. The van der Waals surface area contributed by atoms with E-state index in [4.69, 9.17) is 35.7 Å². The molecule has 0 saturated carbocycles. The summed E-state index contributed by atoms with van der Waals surface area (Å²) in [7, 11) is 0. The number of hydrogen-bond donors (Lipinski definition) is 4. The van der Waals surface area contributed by atoms with Crippen LogP contribution >= 0.6 is 11.6 Å². The molecule has 0 radical (unpaired) electrons. The Hall–Kier alpha value is -3.02. The molecule has 3 aromatic carbocycles. The highest BCUT2D eigenvalue weighted by atomic mass is 35.5. The number of benzene rings is 3. The number of nitrogens with one attached hydrogen (secondary N) is 2. The molecule has 4 N–H and O–H groups in total. The van der Waals surface area contributed by atoms with E-state index in [2.05, 4.69) is 63.8 Å². The number of aromatic amines is 1. The molecule has 0 unspecified atom stereocenters. The molecule has 2 aliphatic rings. The van der Waals surface area contributed by atoms with Crippen LogP contribution in [0.15, 0.2) is 60.7 Å². The second-order valence-corrected chi connectivity index (χ2v) is 10.4. The number of nitrogens with zero attached hydrogens (tertiary/aromatic N) is 1. The van der Waals surface area contributed by atoms with Crippen LogP contribution in [-0.4, -0.2) is 84.2 Å². The molecule has 1 aromatic heterocycles. The van der Waals surface area contributed by atoms with Crippen LogP contribution in [0.1, 0.15) is 5.56 Å². The van der Waals surface area contributed by atoms with Crippen molar-refractivity contribution < 1.29 is 29.2 Å². The Kier molecular flexibility index (Phi) is 8.31. The highest BCUT2D eigenvalue weighted by molar-refractivity contribution is 6.34. The first-order valence-electron chi connectivity index (χ1n) is 13.5. The molecular formula is C30H32ClN3O6. The van der Waals surface area contributed by atoms with Crippen LogP contribution in [0, 0.1) is 0 Å². The fourth-order valence-electron chi connectivity index (χ4n) is 5.17. The third kappa shape index (κ3) is 5.87. The van der Waals surface area contributed by atoms with Gasteiger partial charge in [0.15, 0.2) is 6.10 Å². The van der Waals surface area contributed by atoms with Gasteiger partial charge in [-0.15, -0.1) is 0 Å². The Morgan fingerprint density at radius 3 is 2.45 bits per heavy atom. The zero-order valence-corrected chi connectivity index (χ0v) is 22.6. The van der Waals surface area contributed by atoms with Gasteiger partial charge in [-0.05, 0) is 34.4 Å². The van der Waals surface area contributed by atoms with Gasteiger partial charge in [-0.1, -0.05) is 60.1 Å². The molecule has 10 heteroatoms. The first-order valence-corrected chi connectivity index (χ1v) is 13.8. The number of imidazole rings is 1. The van der Waals surface area contributed by atoms with Crippen LogP contribution in [-0.2, 0) is 20.8 Å². The number of H-pyrrole nitrogens is 1. The molecule has 9 nitrogen and oxygen atoms in total. The van der Waals surface area contributed by atoms with Crippen LogP contribution in [0.4, 0.5) is 0 Å². The van der Waals surface area contributed by atoms with Gasteiger partial charge in [-0.2, -0.15) is 4.98 Å². The third-order valence-corrected chi connectivity index (χ3v) is 7.58. The number of hydrogen-bond acceptors (Lipinski definition) is 8. The molecule has 0 bridgehead atoms. The number of ether oxygens (including phenoxy) is 4. The van der Waals surface area contributed by atoms with Crippen molar-refractivity contribution in [1.29, 1.82) is 0 Å². The SMILES string of the molecule is OCCOCCNCc1ccc(-c2ccc(-c3cc4nc(O[C@@H]5CO[C@H]6[C@@H]5OC[C@H]6O)[nH]c4cc3Cl)cc2)cc1. The lowest BCUT2D eigenvalue weighted by molar-refractivity contribution is 0.00706. The number of halogens is 1. The van der Waals surface area contributed by atoms with Crippen molar-refractivity contribution in [2.45, 2.75) is 31.0 Å². The van der Waals surface area contributed by atoms with Gasteiger partial charge in [0.1, 0.15) is 18.3 Å². The molecule has 2 aliphatic heterocycles. The molecule has 2 fully saturated rings. The molecule has 210 valence electrons. The van der Waals surface area contributed by atoms with Crippen LogP contribution in [0.2, 0.25) is 5.02 Å². The smallest absolute Gasteiger partial charge is 0.295 e. The van der Waals surface area contributed by atoms with Crippen molar-refractivity contribution in [3.63, 3.8) is 0 Å². The van der Waals surface area contributed by atoms with E-state index in [9.17, 15) is 5.11 Å². The van der Waals surface area contributed by atoms with Crippen LogP contribution in [0.5, 0.6) is 6.01 Å². The highest BCUT2D eigenvalue weighted by Gasteiger charge is 2.48. The maximum Gasteiger partial charge on any atom is 0.295 e. The first-order chi connectivity index (χ1) is 19.6. The molecule has 0 amide bonds. The zero-order valence-electron chi connectivity index (χ0n) is 21.9. The van der Waals surface area contributed by atoms with E-state index < -0.39 is 6.10 Å². The zero-order chi connectivity index (χ0) is 27.5. The largest absolute Gasteiger partial charge is 0.456 e. The Morgan fingerprint density at radius 1 is 0.950 bits per heavy atom. The van der Waals surface area contributed by atoms with Crippen LogP contribution in [0.25, 0.3) is 33.3 Å². The third-order valence-electron chi connectivity index (χ3n) is 7.26. The fourth-order valence-corrected chi connectivity index (χ4v) is 5.45. The molecule has 3 heterocycles. The van der Waals surface area contributed by atoms with E-state index in [-0.39, 0.29) is 31.5 Å². The van der Waals surface area contributed by atoms with Crippen molar-refractivity contribution >= 4 is 22.6 Å². The summed E-state index contributed by atoms with van der Waals surface area (Å²) in [4.78, 5) is 7.80. The van der Waals surface area contributed by atoms with Crippen molar-refractivity contribution in [1.82, 2.24) is 15.3 Å². The summed E-state index contributed by atoms with van der Waals surface area (Å²) >= 11 is 6.68.